The fourth-order valence-corrected chi connectivity index (χ4v) is 2.73. The molecule has 0 amide bonds. The Kier molecular flexibility index (Phi) is 3.74. The zero-order chi connectivity index (χ0) is 14.1. The van der Waals surface area contributed by atoms with E-state index < -0.39 is 0 Å². The summed E-state index contributed by atoms with van der Waals surface area (Å²) >= 11 is 13.3. The van der Waals surface area contributed by atoms with Crippen LogP contribution in [-0.2, 0) is 0 Å². The van der Waals surface area contributed by atoms with Crippen LogP contribution in [-0.4, -0.2) is 22.0 Å². The van der Waals surface area contributed by atoms with Gasteiger partial charge >= 0.3 is 0 Å². The zero-order valence-corrected chi connectivity index (χ0v) is 12.4. The van der Waals surface area contributed by atoms with Crippen LogP contribution in [0.25, 0.3) is 6.08 Å². The average Bonchev–Trinajstić information content (AvgIpc) is 2.89. The molecule has 4 nitrogen and oxygen atoms in total. The van der Waals surface area contributed by atoms with E-state index in [-0.39, 0.29) is 10.8 Å². The number of benzene rings is 1. The lowest BCUT2D eigenvalue weighted by molar-refractivity contribution is 0.103. The van der Waals surface area contributed by atoms with Gasteiger partial charge in [0.25, 0.3) is 0 Å². The van der Waals surface area contributed by atoms with Crippen molar-refractivity contribution in [1.29, 1.82) is 0 Å². The Hall–Kier alpha value is -1.43. The monoisotopic (exact) mass is 326 g/mol. The first-order valence-corrected chi connectivity index (χ1v) is 7.39. The normalized spacial score (nSPS) is 16.7. The number of ketones is 1. The summed E-state index contributed by atoms with van der Waals surface area (Å²) in [4.78, 5) is 12.5. The summed E-state index contributed by atoms with van der Waals surface area (Å²) in [5, 5.41) is 6.34. The number of halogens is 2. The number of hydrogen-bond donors (Lipinski definition) is 0. The maximum atomic E-state index is 12.5. The third kappa shape index (κ3) is 2.44. The summed E-state index contributed by atoms with van der Waals surface area (Å²) < 4.78 is 9.34. The van der Waals surface area contributed by atoms with Crippen LogP contribution in [0, 0.1) is 0 Å². The molecule has 0 aliphatic carbocycles. The van der Waals surface area contributed by atoms with Crippen LogP contribution in [0.15, 0.2) is 23.1 Å². The predicted molar refractivity (Wildman–Crippen MR) is 78.8 cm³/mol. The summed E-state index contributed by atoms with van der Waals surface area (Å²) in [6.45, 7) is 0.363. The molecule has 0 unspecified atom stereocenters. The highest BCUT2D eigenvalue weighted by atomic mass is 35.5. The second-order valence-corrected chi connectivity index (χ2v) is 5.56. The van der Waals surface area contributed by atoms with Crippen LogP contribution in [0.1, 0.15) is 22.5 Å². The quantitative estimate of drug-likeness (QED) is 0.746. The van der Waals surface area contributed by atoms with Crippen LogP contribution in [0.5, 0.6) is 5.75 Å². The van der Waals surface area contributed by atoms with Crippen molar-refractivity contribution in [1.82, 2.24) is 9.59 Å². The standard InChI is InChI=1S/C13H8Cl2N2O2S/c14-10-2-1-9-12(18)7(5-8-6-20-17-16-8)3-4-19-13(9)11(10)15/h1-2,5-6H,3-4H2/b7-5+. The maximum Gasteiger partial charge on any atom is 0.193 e. The molecular weight excluding hydrogens is 319 g/mol. The van der Waals surface area contributed by atoms with E-state index in [1.165, 1.54) is 11.5 Å². The van der Waals surface area contributed by atoms with E-state index in [0.29, 0.717) is 40.6 Å². The van der Waals surface area contributed by atoms with Crippen LogP contribution in [0.4, 0.5) is 0 Å². The number of rotatable bonds is 1. The summed E-state index contributed by atoms with van der Waals surface area (Å²) in [5.41, 5.74) is 1.71. The third-order valence-electron chi connectivity index (χ3n) is 2.90. The molecule has 0 saturated heterocycles. The van der Waals surface area contributed by atoms with E-state index in [4.69, 9.17) is 27.9 Å². The summed E-state index contributed by atoms with van der Waals surface area (Å²) in [6.07, 6.45) is 2.21. The van der Waals surface area contributed by atoms with Gasteiger partial charge in [0.1, 0.15) is 5.02 Å². The molecule has 0 fully saturated rings. The van der Waals surface area contributed by atoms with E-state index in [1.54, 1.807) is 23.6 Å². The molecule has 0 N–H and O–H groups in total. The van der Waals surface area contributed by atoms with Crippen molar-refractivity contribution in [2.45, 2.75) is 6.42 Å². The molecule has 2 aromatic rings. The van der Waals surface area contributed by atoms with Gasteiger partial charge in [-0.05, 0) is 29.7 Å². The second kappa shape index (κ2) is 5.52. The molecule has 0 saturated carbocycles. The number of aromatic nitrogens is 2. The molecule has 7 heteroatoms. The lowest BCUT2D eigenvalue weighted by Gasteiger charge is -2.08. The minimum Gasteiger partial charge on any atom is -0.491 e. The van der Waals surface area contributed by atoms with Crippen molar-refractivity contribution in [3.8, 4) is 5.75 Å². The van der Waals surface area contributed by atoms with Gasteiger partial charge in [0.2, 0.25) is 0 Å². The molecule has 20 heavy (non-hydrogen) atoms. The van der Waals surface area contributed by atoms with E-state index in [9.17, 15) is 4.79 Å². The number of ether oxygens (including phenoxy) is 1. The van der Waals surface area contributed by atoms with Gasteiger partial charge in [-0.15, -0.1) is 5.10 Å². The molecule has 0 atom stereocenters. The minimum absolute atomic E-state index is 0.121. The lowest BCUT2D eigenvalue weighted by Crippen LogP contribution is -2.02. The largest absolute Gasteiger partial charge is 0.491 e. The van der Waals surface area contributed by atoms with E-state index in [0.717, 1.165) is 0 Å². The molecular formula is C13H8Cl2N2O2S. The van der Waals surface area contributed by atoms with Gasteiger partial charge in [0, 0.05) is 17.4 Å². The smallest absolute Gasteiger partial charge is 0.193 e. The number of nitrogens with zero attached hydrogens (tertiary/aromatic N) is 2. The molecule has 102 valence electrons. The highest BCUT2D eigenvalue weighted by Gasteiger charge is 2.24. The molecule has 1 aliphatic rings. The molecule has 1 aliphatic heterocycles. The number of hydrogen-bond acceptors (Lipinski definition) is 5. The summed E-state index contributed by atoms with van der Waals surface area (Å²) in [7, 11) is 0. The zero-order valence-electron chi connectivity index (χ0n) is 10.1. The second-order valence-electron chi connectivity index (χ2n) is 4.16. The van der Waals surface area contributed by atoms with Crippen LogP contribution in [0.2, 0.25) is 10.0 Å². The fraction of sp³-hybridized carbons (Fsp3) is 0.154. The Balaban J connectivity index is 2.07. The molecule has 1 aromatic heterocycles. The van der Waals surface area contributed by atoms with Crippen LogP contribution in [0.3, 0.4) is 0 Å². The highest BCUT2D eigenvalue weighted by molar-refractivity contribution is 7.03. The SMILES string of the molecule is O=C1/C(=C/c2csnn2)CCOc2c1ccc(Cl)c2Cl. The van der Waals surface area contributed by atoms with Crippen LogP contribution >= 0.6 is 34.7 Å². The van der Waals surface area contributed by atoms with Gasteiger partial charge in [-0.25, -0.2) is 0 Å². The Labute approximate surface area is 129 Å². The molecule has 1 aromatic carbocycles. The predicted octanol–water partition coefficient (Wildman–Crippen LogP) is 3.89. The molecule has 2 heterocycles. The average molecular weight is 327 g/mol. The summed E-state index contributed by atoms with van der Waals surface area (Å²) in [5.74, 6) is 0.230. The number of carbonyl (C=O) groups is 1. The number of Topliss-reactive ketones (excluding diaryl/α,β-unsaturated/α-hetero) is 1. The molecule has 3 rings (SSSR count). The van der Waals surface area contributed by atoms with Gasteiger partial charge < -0.3 is 4.74 Å². The van der Waals surface area contributed by atoms with Gasteiger partial charge in [0.15, 0.2) is 11.5 Å². The topological polar surface area (TPSA) is 52.1 Å². The van der Waals surface area contributed by atoms with Crippen molar-refractivity contribution in [3.05, 3.63) is 44.4 Å². The van der Waals surface area contributed by atoms with E-state index in [2.05, 4.69) is 9.59 Å². The highest BCUT2D eigenvalue weighted by Crippen LogP contribution is 2.38. The first-order chi connectivity index (χ1) is 9.66. The van der Waals surface area contributed by atoms with Crippen molar-refractivity contribution in [2.75, 3.05) is 6.61 Å². The Morgan fingerprint density at radius 1 is 1.35 bits per heavy atom. The maximum absolute atomic E-state index is 12.5. The number of fused-ring (bicyclic) bond motifs is 1. The minimum atomic E-state index is -0.121. The van der Waals surface area contributed by atoms with Crippen molar-refractivity contribution < 1.29 is 9.53 Å². The van der Waals surface area contributed by atoms with Gasteiger partial charge in [-0.3, -0.25) is 4.79 Å². The Morgan fingerprint density at radius 2 is 2.20 bits per heavy atom. The Bertz CT molecular complexity index is 699. The van der Waals surface area contributed by atoms with Crippen molar-refractivity contribution >= 4 is 46.6 Å². The first-order valence-electron chi connectivity index (χ1n) is 5.80. The Morgan fingerprint density at radius 3 is 2.95 bits per heavy atom. The van der Waals surface area contributed by atoms with Crippen molar-refractivity contribution in [3.63, 3.8) is 0 Å². The first kappa shape index (κ1) is 13.5. The molecule has 0 bridgehead atoms. The van der Waals surface area contributed by atoms with E-state index in [1.807, 2.05) is 0 Å². The van der Waals surface area contributed by atoms with Gasteiger partial charge in [-0.1, -0.05) is 27.7 Å². The van der Waals surface area contributed by atoms with Crippen molar-refractivity contribution in [2.24, 2.45) is 0 Å². The third-order valence-corrected chi connectivity index (χ3v) is 4.21. The molecule has 0 radical (unpaired) electrons. The van der Waals surface area contributed by atoms with Crippen LogP contribution < -0.4 is 4.74 Å². The molecule has 0 spiro atoms. The lowest BCUT2D eigenvalue weighted by atomic mass is 10.0. The van der Waals surface area contributed by atoms with Gasteiger partial charge in [0.05, 0.1) is 22.9 Å². The van der Waals surface area contributed by atoms with E-state index >= 15 is 0 Å². The summed E-state index contributed by atoms with van der Waals surface area (Å²) in [6, 6.07) is 3.22. The van der Waals surface area contributed by atoms with Gasteiger partial charge in [-0.2, -0.15) is 0 Å². The fourth-order valence-electron chi connectivity index (χ4n) is 1.95. The number of carbonyl (C=O) groups excluding carboxylic acids is 1.